The molecule has 5 heteroatoms. The summed E-state index contributed by atoms with van der Waals surface area (Å²) >= 11 is 1.65. The molecule has 1 amide bonds. The summed E-state index contributed by atoms with van der Waals surface area (Å²) in [4.78, 5) is 19.5. The van der Waals surface area contributed by atoms with Crippen molar-refractivity contribution in [2.24, 2.45) is 4.99 Å². The summed E-state index contributed by atoms with van der Waals surface area (Å²) in [5.74, 6) is 0.761. The van der Waals surface area contributed by atoms with E-state index in [0.29, 0.717) is 25.5 Å². The van der Waals surface area contributed by atoms with Gasteiger partial charge in [0.2, 0.25) is 11.9 Å². The zero-order chi connectivity index (χ0) is 14.7. The molecule has 0 aliphatic carbocycles. The normalized spacial score (nSPS) is 15.0. The maximum Gasteiger partial charge on any atom is 0.231 e. The number of benzene rings is 1. The zero-order valence-corrected chi connectivity index (χ0v) is 12.7. The van der Waals surface area contributed by atoms with Gasteiger partial charge in [-0.05, 0) is 30.5 Å². The number of aryl methyl sites for hydroxylation is 1. The molecule has 0 saturated heterocycles. The standard InChI is InChI=1S/C16H17N3OS/c1-12-4-6-13(7-5-12)18-16-17-9-8-15(20)19(16)11-14-3-2-10-21-14/h2-7,10H,8-9,11H2,1H3,(H,17,18). The van der Waals surface area contributed by atoms with Crippen LogP contribution in [0.1, 0.15) is 16.9 Å². The number of hydrogen-bond acceptors (Lipinski definition) is 4. The second-order valence-electron chi connectivity index (χ2n) is 5.01. The van der Waals surface area contributed by atoms with E-state index < -0.39 is 0 Å². The van der Waals surface area contributed by atoms with Crippen molar-refractivity contribution < 1.29 is 4.79 Å². The zero-order valence-electron chi connectivity index (χ0n) is 11.9. The number of rotatable bonds is 3. The highest BCUT2D eigenvalue weighted by molar-refractivity contribution is 7.09. The van der Waals surface area contributed by atoms with Gasteiger partial charge in [0.05, 0.1) is 13.1 Å². The first-order valence-electron chi connectivity index (χ1n) is 6.93. The minimum absolute atomic E-state index is 0.119. The summed E-state index contributed by atoms with van der Waals surface area (Å²) in [6.07, 6.45) is 0.477. The van der Waals surface area contributed by atoms with Gasteiger partial charge in [-0.15, -0.1) is 11.3 Å². The quantitative estimate of drug-likeness (QED) is 0.945. The van der Waals surface area contributed by atoms with Crippen molar-refractivity contribution in [3.8, 4) is 0 Å². The molecule has 1 aromatic heterocycles. The van der Waals surface area contributed by atoms with E-state index in [9.17, 15) is 4.79 Å². The Morgan fingerprint density at radius 3 is 2.81 bits per heavy atom. The van der Waals surface area contributed by atoms with Gasteiger partial charge >= 0.3 is 0 Å². The highest BCUT2D eigenvalue weighted by Crippen LogP contribution is 2.17. The second-order valence-corrected chi connectivity index (χ2v) is 6.04. The van der Waals surface area contributed by atoms with E-state index in [-0.39, 0.29) is 5.91 Å². The number of guanidine groups is 1. The topological polar surface area (TPSA) is 44.7 Å². The fraction of sp³-hybridized carbons (Fsp3) is 0.250. The summed E-state index contributed by atoms with van der Waals surface area (Å²) in [6.45, 7) is 3.18. The molecule has 0 atom stereocenters. The minimum Gasteiger partial charge on any atom is -0.326 e. The van der Waals surface area contributed by atoms with Gasteiger partial charge in [0.25, 0.3) is 0 Å². The van der Waals surface area contributed by atoms with Crippen LogP contribution in [0, 0.1) is 6.92 Å². The van der Waals surface area contributed by atoms with E-state index in [1.807, 2.05) is 41.8 Å². The molecule has 4 nitrogen and oxygen atoms in total. The summed E-state index contributed by atoms with van der Waals surface area (Å²) in [7, 11) is 0. The highest BCUT2D eigenvalue weighted by atomic mass is 32.1. The average Bonchev–Trinajstić information content (AvgIpc) is 2.98. The van der Waals surface area contributed by atoms with Crippen molar-refractivity contribution in [2.75, 3.05) is 11.9 Å². The maximum atomic E-state index is 12.2. The van der Waals surface area contributed by atoms with Crippen molar-refractivity contribution in [1.82, 2.24) is 4.90 Å². The summed E-state index contributed by atoms with van der Waals surface area (Å²) in [6, 6.07) is 12.1. The first-order chi connectivity index (χ1) is 10.2. The molecule has 0 radical (unpaired) electrons. The summed E-state index contributed by atoms with van der Waals surface area (Å²) in [5, 5.41) is 5.28. The Hall–Kier alpha value is -2.14. The van der Waals surface area contributed by atoms with Crippen LogP contribution in [0.2, 0.25) is 0 Å². The lowest BCUT2D eigenvalue weighted by Gasteiger charge is -2.27. The van der Waals surface area contributed by atoms with Crippen molar-refractivity contribution in [3.63, 3.8) is 0 Å². The van der Waals surface area contributed by atoms with Gasteiger partial charge in [0.15, 0.2) is 0 Å². The monoisotopic (exact) mass is 299 g/mol. The fourth-order valence-corrected chi connectivity index (χ4v) is 2.88. The molecular formula is C16H17N3OS. The molecular weight excluding hydrogens is 282 g/mol. The van der Waals surface area contributed by atoms with E-state index in [0.717, 1.165) is 10.6 Å². The van der Waals surface area contributed by atoms with Gasteiger partial charge in [0.1, 0.15) is 0 Å². The molecule has 0 unspecified atom stereocenters. The molecule has 2 aromatic rings. The largest absolute Gasteiger partial charge is 0.326 e. The van der Waals surface area contributed by atoms with Gasteiger partial charge < -0.3 is 5.32 Å². The van der Waals surface area contributed by atoms with Gasteiger partial charge in [-0.25, -0.2) is 0 Å². The van der Waals surface area contributed by atoms with Gasteiger partial charge in [-0.2, -0.15) is 0 Å². The third-order valence-electron chi connectivity index (χ3n) is 3.35. The number of nitrogens with one attached hydrogen (secondary N) is 1. The van der Waals surface area contributed by atoms with Crippen LogP contribution < -0.4 is 5.32 Å². The van der Waals surface area contributed by atoms with Crippen LogP contribution in [-0.2, 0) is 11.3 Å². The smallest absolute Gasteiger partial charge is 0.231 e. The predicted octanol–water partition coefficient (Wildman–Crippen LogP) is 3.26. The summed E-state index contributed by atoms with van der Waals surface area (Å²) in [5.41, 5.74) is 2.16. The van der Waals surface area contributed by atoms with E-state index in [2.05, 4.69) is 17.2 Å². The molecule has 1 aliphatic rings. The van der Waals surface area contributed by atoms with Crippen LogP contribution >= 0.6 is 11.3 Å². The number of thiophene rings is 1. The molecule has 1 aliphatic heterocycles. The number of aliphatic imine (C=N–C) groups is 1. The molecule has 1 aromatic carbocycles. The van der Waals surface area contributed by atoms with Crippen LogP contribution in [-0.4, -0.2) is 23.3 Å². The Morgan fingerprint density at radius 1 is 1.29 bits per heavy atom. The number of carbonyl (C=O) groups excluding carboxylic acids is 1. The maximum absolute atomic E-state index is 12.2. The molecule has 2 heterocycles. The first kappa shape index (κ1) is 13.8. The number of nitrogens with zero attached hydrogens (tertiary/aromatic N) is 2. The third-order valence-corrected chi connectivity index (χ3v) is 4.21. The van der Waals surface area contributed by atoms with Gasteiger partial charge in [0, 0.05) is 17.0 Å². The first-order valence-corrected chi connectivity index (χ1v) is 7.81. The minimum atomic E-state index is 0.119. The lowest BCUT2D eigenvalue weighted by atomic mass is 10.2. The van der Waals surface area contributed by atoms with Crippen LogP contribution in [0.5, 0.6) is 0 Å². The van der Waals surface area contributed by atoms with E-state index >= 15 is 0 Å². The Kier molecular flexibility index (Phi) is 4.01. The van der Waals surface area contributed by atoms with Gasteiger partial charge in [-0.1, -0.05) is 23.8 Å². The molecule has 21 heavy (non-hydrogen) atoms. The van der Waals surface area contributed by atoms with Crippen molar-refractivity contribution in [3.05, 3.63) is 52.2 Å². The van der Waals surface area contributed by atoms with Crippen LogP contribution in [0.3, 0.4) is 0 Å². The van der Waals surface area contributed by atoms with Crippen LogP contribution in [0.4, 0.5) is 5.69 Å². The second kappa shape index (κ2) is 6.10. The molecule has 0 fully saturated rings. The Morgan fingerprint density at radius 2 is 2.10 bits per heavy atom. The Balaban J connectivity index is 1.78. The molecule has 3 rings (SSSR count). The summed E-state index contributed by atoms with van der Waals surface area (Å²) < 4.78 is 0. The molecule has 0 bridgehead atoms. The Bertz CT molecular complexity index is 647. The fourth-order valence-electron chi connectivity index (χ4n) is 2.19. The van der Waals surface area contributed by atoms with E-state index in [1.165, 1.54) is 5.56 Å². The van der Waals surface area contributed by atoms with Crippen molar-refractivity contribution >= 4 is 28.9 Å². The highest BCUT2D eigenvalue weighted by Gasteiger charge is 2.23. The SMILES string of the molecule is Cc1ccc(NC2=NCCC(=O)N2Cc2cccs2)cc1. The molecule has 0 spiro atoms. The Labute approximate surface area is 128 Å². The lowest BCUT2D eigenvalue weighted by Crippen LogP contribution is -2.43. The number of amides is 1. The van der Waals surface area contributed by atoms with Crippen LogP contribution in [0.15, 0.2) is 46.8 Å². The third kappa shape index (κ3) is 3.31. The molecule has 0 saturated carbocycles. The van der Waals surface area contributed by atoms with Crippen molar-refractivity contribution in [1.29, 1.82) is 0 Å². The van der Waals surface area contributed by atoms with Crippen LogP contribution in [0.25, 0.3) is 0 Å². The molecule has 108 valence electrons. The average molecular weight is 299 g/mol. The number of hydrogen-bond donors (Lipinski definition) is 1. The number of anilines is 1. The predicted molar refractivity (Wildman–Crippen MR) is 86.6 cm³/mol. The van der Waals surface area contributed by atoms with Gasteiger partial charge in [-0.3, -0.25) is 14.7 Å². The number of carbonyl (C=O) groups is 1. The van der Waals surface area contributed by atoms with E-state index in [1.54, 1.807) is 16.2 Å². The molecule has 1 N–H and O–H groups in total. The van der Waals surface area contributed by atoms with E-state index in [4.69, 9.17) is 0 Å². The lowest BCUT2D eigenvalue weighted by molar-refractivity contribution is -0.128. The van der Waals surface area contributed by atoms with Crippen molar-refractivity contribution in [2.45, 2.75) is 19.9 Å².